The minimum atomic E-state index is -1.09. The molecule has 3 aromatic rings. The van der Waals surface area contributed by atoms with Crippen molar-refractivity contribution >= 4 is 17.6 Å². The average molecular weight is 431 g/mol. The molecule has 6 nitrogen and oxygen atoms in total. The van der Waals surface area contributed by atoms with Gasteiger partial charge in [-0.3, -0.25) is 14.9 Å². The predicted molar refractivity (Wildman–Crippen MR) is 120 cm³/mol. The summed E-state index contributed by atoms with van der Waals surface area (Å²) in [4.78, 5) is 27.3. The van der Waals surface area contributed by atoms with E-state index in [1.807, 2.05) is 81.4 Å². The van der Waals surface area contributed by atoms with Crippen LogP contribution >= 0.6 is 0 Å². The molecule has 0 saturated carbocycles. The quantitative estimate of drug-likeness (QED) is 0.606. The standard InChI is InChI=1S/C26H26N2O4/c1-25(2,3)32-23(29)21-20(19-14-9-15-31-19)26(22(28-21)16-10-5-4-6-11-16)17-12-7-8-13-18(17)27-24(26)30/h4-15,20-22,28H,1-3H3,(H,27,30)/t20-,21+,22-,26-/m1/s1. The Morgan fingerprint density at radius 1 is 1.00 bits per heavy atom. The van der Waals surface area contributed by atoms with Gasteiger partial charge < -0.3 is 14.5 Å². The number of furan rings is 1. The SMILES string of the molecule is CC(C)(C)OC(=O)[C@H]1N[C@H](c2ccccc2)[C@]2(C(=O)Nc3ccccc32)[C@@H]1c1ccco1. The Hall–Kier alpha value is -3.38. The number of para-hydroxylation sites is 1. The van der Waals surface area contributed by atoms with E-state index in [0.29, 0.717) is 5.76 Å². The number of anilines is 1. The van der Waals surface area contributed by atoms with Crippen molar-refractivity contribution in [1.82, 2.24) is 5.32 Å². The zero-order valence-corrected chi connectivity index (χ0v) is 18.3. The van der Waals surface area contributed by atoms with Crippen LogP contribution in [0.2, 0.25) is 0 Å². The maximum Gasteiger partial charge on any atom is 0.324 e. The number of fused-ring (bicyclic) bond motifs is 2. The molecule has 0 bridgehead atoms. The first-order chi connectivity index (χ1) is 15.3. The van der Waals surface area contributed by atoms with Gasteiger partial charge in [-0.2, -0.15) is 0 Å². The van der Waals surface area contributed by atoms with Crippen molar-refractivity contribution in [3.8, 4) is 0 Å². The van der Waals surface area contributed by atoms with Gasteiger partial charge in [-0.25, -0.2) is 0 Å². The first-order valence-electron chi connectivity index (χ1n) is 10.8. The van der Waals surface area contributed by atoms with Crippen LogP contribution in [-0.2, 0) is 19.7 Å². The van der Waals surface area contributed by atoms with Gasteiger partial charge in [0, 0.05) is 5.69 Å². The number of amides is 1. The highest BCUT2D eigenvalue weighted by Crippen LogP contribution is 2.59. The number of hydrogen-bond donors (Lipinski definition) is 2. The van der Waals surface area contributed by atoms with Crippen LogP contribution in [0.25, 0.3) is 0 Å². The predicted octanol–water partition coefficient (Wildman–Crippen LogP) is 4.31. The molecular formula is C26H26N2O4. The van der Waals surface area contributed by atoms with Crippen LogP contribution < -0.4 is 10.6 Å². The van der Waals surface area contributed by atoms with E-state index in [1.54, 1.807) is 12.3 Å². The Bertz CT molecular complexity index is 1150. The number of nitrogens with one attached hydrogen (secondary N) is 2. The van der Waals surface area contributed by atoms with Crippen molar-refractivity contribution < 1.29 is 18.7 Å². The van der Waals surface area contributed by atoms with Gasteiger partial charge in [-0.15, -0.1) is 0 Å². The maximum atomic E-state index is 13.9. The fourth-order valence-corrected chi connectivity index (χ4v) is 5.18. The summed E-state index contributed by atoms with van der Waals surface area (Å²) in [5, 5.41) is 6.53. The normalized spacial score (nSPS) is 26.7. The van der Waals surface area contributed by atoms with Crippen LogP contribution in [0, 0.1) is 0 Å². The summed E-state index contributed by atoms with van der Waals surface area (Å²) in [6.45, 7) is 5.51. The molecule has 32 heavy (non-hydrogen) atoms. The van der Waals surface area contributed by atoms with E-state index < -0.39 is 35.0 Å². The number of rotatable bonds is 3. The van der Waals surface area contributed by atoms with Crippen molar-refractivity contribution in [2.24, 2.45) is 0 Å². The fraction of sp³-hybridized carbons (Fsp3) is 0.308. The van der Waals surface area contributed by atoms with Crippen LogP contribution in [0.5, 0.6) is 0 Å². The zero-order valence-electron chi connectivity index (χ0n) is 18.3. The fourth-order valence-electron chi connectivity index (χ4n) is 5.18. The third-order valence-corrected chi connectivity index (χ3v) is 6.27. The highest BCUT2D eigenvalue weighted by atomic mass is 16.6. The van der Waals surface area contributed by atoms with E-state index in [2.05, 4.69) is 10.6 Å². The topological polar surface area (TPSA) is 80.6 Å². The minimum Gasteiger partial charge on any atom is -0.469 e. The van der Waals surface area contributed by atoms with E-state index >= 15 is 0 Å². The van der Waals surface area contributed by atoms with Crippen LogP contribution in [0.1, 0.15) is 49.6 Å². The molecule has 164 valence electrons. The van der Waals surface area contributed by atoms with Crippen LogP contribution in [-0.4, -0.2) is 23.5 Å². The van der Waals surface area contributed by atoms with Crippen molar-refractivity contribution in [3.63, 3.8) is 0 Å². The Labute approximate surface area is 187 Å². The number of esters is 1. The smallest absolute Gasteiger partial charge is 0.324 e. The Balaban J connectivity index is 1.75. The van der Waals surface area contributed by atoms with E-state index in [0.717, 1.165) is 16.8 Å². The van der Waals surface area contributed by atoms with E-state index in [-0.39, 0.29) is 5.91 Å². The first-order valence-corrected chi connectivity index (χ1v) is 10.8. The number of ether oxygens (including phenoxy) is 1. The highest BCUT2D eigenvalue weighted by molar-refractivity contribution is 6.09. The molecule has 1 fully saturated rings. The second kappa shape index (κ2) is 7.35. The monoisotopic (exact) mass is 430 g/mol. The molecule has 1 saturated heterocycles. The van der Waals surface area contributed by atoms with Gasteiger partial charge >= 0.3 is 5.97 Å². The molecule has 1 aromatic heterocycles. The van der Waals surface area contributed by atoms with Crippen molar-refractivity contribution in [2.75, 3.05) is 5.32 Å². The summed E-state index contributed by atoms with van der Waals surface area (Å²) in [6, 6.07) is 19.8. The zero-order chi connectivity index (χ0) is 22.5. The largest absolute Gasteiger partial charge is 0.469 e. The molecule has 2 aromatic carbocycles. The summed E-state index contributed by atoms with van der Waals surface area (Å²) < 4.78 is 11.6. The molecule has 0 radical (unpaired) electrons. The third kappa shape index (κ3) is 3.06. The highest BCUT2D eigenvalue weighted by Gasteiger charge is 2.67. The van der Waals surface area contributed by atoms with Gasteiger partial charge in [0.2, 0.25) is 5.91 Å². The van der Waals surface area contributed by atoms with Gasteiger partial charge in [0.05, 0.1) is 18.2 Å². The number of benzene rings is 2. The molecule has 1 spiro atoms. The number of hydrogen-bond acceptors (Lipinski definition) is 5. The second-order valence-corrected chi connectivity index (χ2v) is 9.38. The number of carbonyl (C=O) groups excluding carboxylic acids is 2. The van der Waals surface area contributed by atoms with Gasteiger partial charge in [0.15, 0.2) is 0 Å². The van der Waals surface area contributed by atoms with E-state index in [4.69, 9.17) is 9.15 Å². The Kier molecular flexibility index (Phi) is 4.71. The minimum absolute atomic E-state index is 0.160. The van der Waals surface area contributed by atoms with Crippen LogP contribution in [0.3, 0.4) is 0 Å². The summed E-state index contributed by atoms with van der Waals surface area (Å²) in [5.41, 5.74) is 0.764. The summed E-state index contributed by atoms with van der Waals surface area (Å²) in [7, 11) is 0. The van der Waals surface area contributed by atoms with Gasteiger partial charge in [0.1, 0.15) is 22.8 Å². The van der Waals surface area contributed by atoms with E-state index in [1.165, 1.54) is 0 Å². The Morgan fingerprint density at radius 2 is 1.72 bits per heavy atom. The molecule has 2 N–H and O–H groups in total. The molecule has 5 rings (SSSR count). The molecule has 6 heteroatoms. The maximum absolute atomic E-state index is 13.9. The molecule has 2 aliphatic rings. The van der Waals surface area contributed by atoms with E-state index in [9.17, 15) is 9.59 Å². The number of carbonyl (C=O) groups is 2. The molecule has 3 heterocycles. The van der Waals surface area contributed by atoms with Crippen LogP contribution in [0.4, 0.5) is 5.69 Å². The lowest BCUT2D eigenvalue weighted by molar-refractivity contribution is -0.157. The lowest BCUT2D eigenvalue weighted by Crippen LogP contribution is -2.44. The summed E-state index contributed by atoms with van der Waals surface area (Å²) in [6.07, 6.45) is 1.57. The molecule has 1 amide bonds. The lowest BCUT2D eigenvalue weighted by Gasteiger charge is -2.34. The molecular weight excluding hydrogens is 404 g/mol. The van der Waals surface area contributed by atoms with Gasteiger partial charge in [0.25, 0.3) is 0 Å². The Morgan fingerprint density at radius 3 is 2.41 bits per heavy atom. The second-order valence-electron chi connectivity index (χ2n) is 9.38. The molecule has 2 aliphatic heterocycles. The van der Waals surface area contributed by atoms with Gasteiger partial charge in [-0.05, 0) is 50.1 Å². The lowest BCUT2D eigenvalue weighted by atomic mass is 9.65. The molecule has 0 unspecified atom stereocenters. The first kappa shape index (κ1) is 20.5. The summed E-state index contributed by atoms with van der Waals surface area (Å²) in [5.74, 6) is -0.596. The molecule has 0 aliphatic carbocycles. The van der Waals surface area contributed by atoms with Crippen molar-refractivity contribution in [2.45, 2.75) is 49.8 Å². The third-order valence-electron chi connectivity index (χ3n) is 6.27. The average Bonchev–Trinajstić information content (AvgIpc) is 3.46. The van der Waals surface area contributed by atoms with Gasteiger partial charge in [-0.1, -0.05) is 48.5 Å². The van der Waals surface area contributed by atoms with Crippen molar-refractivity contribution in [3.05, 3.63) is 89.9 Å². The molecule has 4 atom stereocenters. The summed E-state index contributed by atoms with van der Waals surface area (Å²) >= 11 is 0. The van der Waals surface area contributed by atoms with Crippen molar-refractivity contribution in [1.29, 1.82) is 0 Å². The van der Waals surface area contributed by atoms with Crippen LogP contribution in [0.15, 0.2) is 77.4 Å².